The van der Waals surface area contributed by atoms with Crippen LogP contribution in [-0.2, 0) is 0 Å². The summed E-state index contributed by atoms with van der Waals surface area (Å²) in [6, 6.07) is 0. The standard InChI is InChI=1S/C10H19N/c1-4-6-7-10(3)9-11-8-5-2/h2,10-11H,4,6-9H2,1,3H3/t10-/m1/s1. The van der Waals surface area contributed by atoms with Gasteiger partial charge in [-0.25, -0.2) is 0 Å². The van der Waals surface area contributed by atoms with Gasteiger partial charge in [0.15, 0.2) is 0 Å². The van der Waals surface area contributed by atoms with Crippen LogP contribution in [0.2, 0.25) is 0 Å². The third-order valence-electron chi connectivity index (χ3n) is 1.77. The molecule has 11 heavy (non-hydrogen) atoms. The molecule has 1 N–H and O–H groups in total. The molecule has 0 bridgehead atoms. The van der Waals surface area contributed by atoms with Crippen LogP contribution in [0.1, 0.15) is 33.1 Å². The minimum Gasteiger partial charge on any atom is -0.306 e. The lowest BCUT2D eigenvalue weighted by molar-refractivity contribution is 0.477. The SMILES string of the molecule is C#CCNC[C@H](C)CCCC. The second-order valence-electron chi connectivity index (χ2n) is 3.08. The van der Waals surface area contributed by atoms with E-state index in [2.05, 4.69) is 25.1 Å². The van der Waals surface area contributed by atoms with Crippen molar-refractivity contribution in [3.63, 3.8) is 0 Å². The number of rotatable bonds is 6. The summed E-state index contributed by atoms with van der Waals surface area (Å²) in [4.78, 5) is 0. The van der Waals surface area contributed by atoms with Gasteiger partial charge in [0.05, 0.1) is 6.54 Å². The van der Waals surface area contributed by atoms with Crippen molar-refractivity contribution in [2.45, 2.75) is 33.1 Å². The van der Waals surface area contributed by atoms with Crippen molar-refractivity contribution in [1.29, 1.82) is 0 Å². The highest BCUT2D eigenvalue weighted by atomic mass is 14.8. The fraction of sp³-hybridized carbons (Fsp3) is 0.800. The Balaban J connectivity index is 3.10. The van der Waals surface area contributed by atoms with Crippen LogP contribution in [0.4, 0.5) is 0 Å². The molecule has 64 valence electrons. The molecule has 1 atom stereocenters. The van der Waals surface area contributed by atoms with E-state index in [0.29, 0.717) is 6.54 Å². The number of terminal acetylenes is 1. The Labute approximate surface area is 70.6 Å². The molecule has 0 aromatic rings. The van der Waals surface area contributed by atoms with E-state index in [1.54, 1.807) is 0 Å². The molecule has 0 aliphatic carbocycles. The fourth-order valence-electron chi connectivity index (χ4n) is 1.05. The molecule has 1 heteroatoms. The number of hydrogen-bond acceptors (Lipinski definition) is 1. The molecular formula is C10H19N. The topological polar surface area (TPSA) is 12.0 Å². The first-order chi connectivity index (χ1) is 5.31. The molecule has 0 aliphatic rings. The molecule has 0 heterocycles. The third-order valence-corrected chi connectivity index (χ3v) is 1.77. The highest BCUT2D eigenvalue weighted by Gasteiger charge is 1.98. The van der Waals surface area contributed by atoms with Crippen molar-refractivity contribution in [3.05, 3.63) is 0 Å². The van der Waals surface area contributed by atoms with Gasteiger partial charge in [-0.1, -0.05) is 32.6 Å². The van der Waals surface area contributed by atoms with E-state index in [1.807, 2.05) is 0 Å². The van der Waals surface area contributed by atoms with Crippen LogP contribution in [0.3, 0.4) is 0 Å². The lowest BCUT2D eigenvalue weighted by Gasteiger charge is -2.09. The van der Waals surface area contributed by atoms with Crippen LogP contribution < -0.4 is 5.32 Å². The zero-order valence-electron chi connectivity index (χ0n) is 7.69. The summed E-state index contributed by atoms with van der Waals surface area (Å²) in [5, 5.41) is 3.21. The van der Waals surface area contributed by atoms with Crippen molar-refractivity contribution < 1.29 is 0 Å². The second kappa shape index (κ2) is 7.63. The van der Waals surface area contributed by atoms with Gasteiger partial charge in [0.1, 0.15) is 0 Å². The van der Waals surface area contributed by atoms with E-state index >= 15 is 0 Å². The van der Waals surface area contributed by atoms with Crippen molar-refractivity contribution >= 4 is 0 Å². The van der Waals surface area contributed by atoms with E-state index in [0.717, 1.165) is 12.5 Å². The Hall–Kier alpha value is -0.480. The van der Waals surface area contributed by atoms with Crippen molar-refractivity contribution in [1.82, 2.24) is 5.32 Å². The molecule has 0 radical (unpaired) electrons. The maximum atomic E-state index is 5.10. The number of nitrogens with one attached hydrogen (secondary N) is 1. The maximum absolute atomic E-state index is 5.10. The Morgan fingerprint density at radius 2 is 2.27 bits per heavy atom. The van der Waals surface area contributed by atoms with Crippen LogP contribution in [0.25, 0.3) is 0 Å². The summed E-state index contributed by atoms with van der Waals surface area (Å²) in [6.45, 7) is 6.25. The highest BCUT2D eigenvalue weighted by molar-refractivity contribution is 4.86. The summed E-state index contributed by atoms with van der Waals surface area (Å²) in [7, 11) is 0. The number of unbranched alkanes of at least 4 members (excludes halogenated alkanes) is 1. The Bertz CT molecular complexity index is 113. The van der Waals surface area contributed by atoms with Crippen molar-refractivity contribution in [2.75, 3.05) is 13.1 Å². The van der Waals surface area contributed by atoms with Crippen LogP contribution in [0.15, 0.2) is 0 Å². The van der Waals surface area contributed by atoms with E-state index in [1.165, 1.54) is 19.3 Å². The molecule has 0 aliphatic heterocycles. The molecule has 0 rings (SSSR count). The minimum absolute atomic E-state index is 0.705. The van der Waals surface area contributed by atoms with Gasteiger partial charge >= 0.3 is 0 Å². The highest BCUT2D eigenvalue weighted by Crippen LogP contribution is 2.05. The average Bonchev–Trinajstić information content (AvgIpc) is 2.01. The van der Waals surface area contributed by atoms with Gasteiger partial charge in [0.25, 0.3) is 0 Å². The lowest BCUT2D eigenvalue weighted by Crippen LogP contribution is -2.21. The Kier molecular flexibility index (Phi) is 7.29. The molecular weight excluding hydrogens is 134 g/mol. The maximum Gasteiger partial charge on any atom is 0.0573 e. The van der Waals surface area contributed by atoms with Gasteiger partial charge in [0, 0.05) is 0 Å². The minimum atomic E-state index is 0.705. The fourth-order valence-corrected chi connectivity index (χ4v) is 1.05. The average molecular weight is 153 g/mol. The smallest absolute Gasteiger partial charge is 0.0573 e. The number of hydrogen-bond donors (Lipinski definition) is 1. The van der Waals surface area contributed by atoms with Gasteiger partial charge in [-0.15, -0.1) is 6.42 Å². The summed E-state index contributed by atoms with van der Waals surface area (Å²) in [5.74, 6) is 3.33. The Morgan fingerprint density at radius 1 is 1.55 bits per heavy atom. The van der Waals surface area contributed by atoms with Gasteiger partial charge < -0.3 is 5.32 Å². The largest absolute Gasteiger partial charge is 0.306 e. The summed E-state index contributed by atoms with van der Waals surface area (Å²) < 4.78 is 0. The van der Waals surface area contributed by atoms with Gasteiger partial charge in [0.2, 0.25) is 0 Å². The normalized spacial score (nSPS) is 12.5. The van der Waals surface area contributed by atoms with E-state index in [9.17, 15) is 0 Å². The first kappa shape index (κ1) is 10.5. The van der Waals surface area contributed by atoms with E-state index < -0.39 is 0 Å². The summed E-state index contributed by atoms with van der Waals surface area (Å²) >= 11 is 0. The lowest BCUT2D eigenvalue weighted by atomic mass is 10.0. The molecule has 0 amide bonds. The van der Waals surface area contributed by atoms with Crippen molar-refractivity contribution in [3.8, 4) is 12.3 Å². The zero-order chi connectivity index (χ0) is 8.53. The summed E-state index contributed by atoms with van der Waals surface area (Å²) in [5.41, 5.74) is 0. The quantitative estimate of drug-likeness (QED) is 0.455. The molecule has 1 nitrogen and oxygen atoms in total. The van der Waals surface area contributed by atoms with Gasteiger partial charge in [-0.05, 0) is 18.9 Å². The molecule has 0 fully saturated rings. The Morgan fingerprint density at radius 3 is 2.82 bits per heavy atom. The third kappa shape index (κ3) is 7.42. The first-order valence-electron chi connectivity index (χ1n) is 4.45. The van der Waals surface area contributed by atoms with E-state index in [4.69, 9.17) is 6.42 Å². The van der Waals surface area contributed by atoms with Crippen molar-refractivity contribution in [2.24, 2.45) is 5.92 Å². The van der Waals surface area contributed by atoms with Crippen LogP contribution in [0, 0.1) is 18.3 Å². The molecule has 0 saturated heterocycles. The molecule has 0 unspecified atom stereocenters. The first-order valence-corrected chi connectivity index (χ1v) is 4.45. The molecule has 0 saturated carbocycles. The van der Waals surface area contributed by atoms with Crippen LogP contribution in [-0.4, -0.2) is 13.1 Å². The monoisotopic (exact) mass is 153 g/mol. The second-order valence-corrected chi connectivity index (χ2v) is 3.08. The molecule has 0 aromatic heterocycles. The van der Waals surface area contributed by atoms with Gasteiger partial charge in [-0.2, -0.15) is 0 Å². The van der Waals surface area contributed by atoms with Gasteiger partial charge in [-0.3, -0.25) is 0 Å². The predicted octanol–water partition coefficient (Wildman–Crippen LogP) is 2.04. The summed E-state index contributed by atoms with van der Waals surface area (Å²) in [6.07, 6.45) is 9.04. The van der Waals surface area contributed by atoms with E-state index in [-0.39, 0.29) is 0 Å². The molecule has 0 aromatic carbocycles. The van der Waals surface area contributed by atoms with Crippen LogP contribution in [0.5, 0.6) is 0 Å². The molecule has 0 spiro atoms. The zero-order valence-corrected chi connectivity index (χ0v) is 7.69. The van der Waals surface area contributed by atoms with Crippen LogP contribution >= 0.6 is 0 Å². The predicted molar refractivity (Wildman–Crippen MR) is 50.4 cm³/mol.